The zero-order valence-electron chi connectivity index (χ0n) is 14.1. The Bertz CT molecular complexity index is 668. The lowest BCUT2D eigenvalue weighted by Gasteiger charge is -2.23. The fourth-order valence-corrected chi connectivity index (χ4v) is 3.06. The van der Waals surface area contributed by atoms with Gasteiger partial charge in [-0.15, -0.1) is 11.3 Å². The molecule has 0 radical (unpaired) electrons. The molecule has 1 heterocycles. The van der Waals surface area contributed by atoms with E-state index in [4.69, 9.17) is 4.74 Å². The first-order chi connectivity index (χ1) is 11.5. The molecule has 1 aromatic carbocycles. The van der Waals surface area contributed by atoms with Gasteiger partial charge in [0.15, 0.2) is 0 Å². The average Bonchev–Trinajstić information content (AvgIpc) is 3.09. The van der Waals surface area contributed by atoms with Crippen molar-refractivity contribution in [2.45, 2.75) is 19.9 Å². The first-order valence-corrected chi connectivity index (χ1v) is 8.70. The Morgan fingerprint density at radius 1 is 1.25 bits per heavy atom. The van der Waals surface area contributed by atoms with Crippen molar-refractivity contribution in [3.63, 3.8) is 0 Å². The number of nitrogens with one attached hydrogen (secondary N) is 1. The molecule has 1 atom stereocenters. The van der Waals surface area contributed by atoms with Crippen LogP contribution < -0.4 is 5.32 Å². The second kappa shape index (κ2) is 8.61. The summed E-state index contributed by atoms with van der Waals surface area (Å²) in [6.07, 6.45) is 0. The number of hydrogen-bond acceptors (Lipinski definition) is 5. The first kappa shape index (κ1) is 18.2. The van der Waals surface area contributed by atoms with Crippen LogP contribution in [0.1, 0.15) is 35.1 Å². The number of rotatable bonds is 7. The van der Waals surface area contributed by atoms with Crippen molar-refractivity contribution in [2.24, 2.45) is 0 Å². The van der Waals surface area contributed by atoms with Gasteiger partial charge in [0.25, 0.3) is 0 Å². The number of esters is 1. The first-order valence-electron chi connectivity index (χ1n) is 7.82. The summed E-state index contributed by atoms with van der Waals surface area (Å²) in [5.41, 5.74) is 1.13. The molecule has 2 aromatic rings. The zero-order valence-corrected chi connectivity index (χ0v) is 14.9. The van der Waals surface area contributed by atoms with Gasteiger partial charge in [0.05, 0.1) is 18.7 Å². The van der Waals surface area contributed by atoms with Crippen molar-refractivity contribution < 1.29 is 14.3 Å². The Hall–Kier alpha value is -2.18. The minimum Gasteiger partial charge on any atom is -0.462 e. The summed E-state index contributed by atoms with van der Waals surface area (Å²) >= 11 is 1.68. The number of hydrogen-bond donors (Lipinski definition) is 1. The predicted molar refractivity (Wildman–Crippen MR) is 96.4 cm³/mol. The van der Waals surface area contributed by atoms with Crippen molar-refractivity contribution in [1.82, 2.24) is 4.90 Å². The smallest absolute Gasteiger partial charge is 0.338 e. The second-order valence-electron chi connectivity index (χ2n) is 5.45. The molecule has 0 aliphatic carbocycles. The van der Waals surface area contributed by atoms with Crippen LogP contribution in [-0.4, -0.2) is 37.0 Å². The second-order valence-corrected chi connectivity index (χ2v) is 6.43. The maximum atomic E-state index is 12.2. The van der Waals surface area contributed by atoms with E-state index in [-0.39, 0.29) is 17.9 Å². The van der Waals surface area contributed by atoms with Crippen LogP contribution in [0.25, 0.3) is 0 Å². The van der Waals surface area contributed by atoms with Gasteiger partial charge in [-0.25, -0.2) is 4.79 Å². The van der Waals surface area contributed by atoms with Crippen molar-refractivity contribution in [2.75, 3.05) is 25.5 Å². The molecule has 0 saturated heterocycles. The molecule has 2 rings (SSSR count). The number of thiophene rings is 1. The minimum absolute atomic E-state index is 0.0928. The molecular weight excluding hydrogens is 324 g/mol. The highest BCUT2D eigenvalue weighted by atomic mass is 32.1. The molecule has 1 N–H and O–H groups in total. The molecule has 0 spiro atoms. The number of ether oxygens (including phenoxy) is 1. The summed E-state index contributed by atoms with van der Waals surface area (Å²) in [6, 6.07) is 11.0. The lowest BCUT2D eigenvalue weighted by atomic mass is 10.2. The summed E-state index contributed by atoms with van der Waals surface area (Å²) in [6.45, 7) is 4.47. The van der Waals surface area contributed by atoms with Crippen LogP contribution >= 0.6 is 11.3 Å². The predicted octanol–water partition coefficient (Wildman–Crippen LogP) is 3.56. The van der Waals surface area contributed by atoms with Crippen LogP contribution in [0.15, 0.2) is 41.8 Å². The van der Waals surface area contributed by atoms with Crippen LogP contribution in [0, 0.1) is 0 Å². The van der Waals surface area contributed by atoms with Crippen LogP contribution in [-0.2, 0) is 9.53 Å². The molecule has 6 heteroatoms. The van der Waals surface area contributed by atoms with Gasteiger partial charge in [-0.1, -0.05) is 6.07 Å². The third-order valence-corrected chi connectivity index (χ3v) is 4.73. The van der Waals surface area contributed by atoms with Gasteiger partial charge in [0.1, 0.15) is 0 Å². The molecule has 1 aromatic heterocycles. The molecular formula is C18H22N2O3S. The summed E-state index contributed by atoms with van der Waals surface area (Å²) in [5, 5.41) is 4.87. The summed E-state index contributed by atoms with van der Waals surface area (Å²) in [7, 11) is 1.92. The van der Waals surface area contributed by atoms with E-state index >= 15 is 0 Å². The number of benzene rings is 1. The molecule has 0 bridgehead atoms. The number of carbonyl (C=O) groups excluding carboxylic acids is 2. The van der Waals surface area contributed by atoms with E-state index in [1.165, 1.54) is 4.88 Å². The van der Waals surface area contributed by atoms with Crippen LogP contribution in [0.2, 0.25) is 0 Å². The molecule has 1 unspecified atom stereocenters. The highest BCUT2D eigenvalue weighted by Gasteiger charge is 2.16. The quantitative estimate of drug-likeness (QED) is 0.779. The molecule has 5 nitrogen and oxygen atoms in total. The standard InChI is InChI=1S/C18H22N2O3S/c1-4-23-18(22)14-7-9-15(10-8-14)19-17(21)12-20(3)13(2)16-6-5-11-24-16/h5-11,13H,4,12H2,1-3H3,(H,19,21). The molecule has 0 saturated carbocycles. The molecule has 24 heavy (non-hydrogen) atoms. The van der Waals surface area contributed by atoms with E-state index < -0.39 is 0 Å². The monoisotopic (exact) mass is 346 g/mol. The lowest BCUT2D eigenvalue weighted by Crippen LogP contribution is -2.31. The van der Waals surface area contributed by atoms with E-state index in [1.54, 1.807) is 42.5 Å². The number of amides is 1. The number of anilines is 1. The van der Waals surface area contributed by atoms with E-state index in [0.29, 0.717) is 24.4 Å². The Morgan fingerprint density at radius 2 is 1.96 bits per heavy atom. The number of likely N-dealkylation sites (N-methyl/N-ethyl adjacent to an activating group) is 1. The minimum atomic E-state index is -0.361. The van der Waals surface area contributed by atoms with E-state index in [2.05, 4.69) is 18.3 Å². The van der Waals surface area contributed by atoms with Gasteiger partial charge in [-0.2, -0.15) is 0 Å². The zero-order chi connectivity index (χ0) is 17.5. The topological polar surface area (TPSA) is 58.6 Å². The van der Waals surface area contributed by atoms with Crippen LogP contribution in [0.4, 0.5) is 5.69 Å². The largest absolute Gasteiger partial charge is 0.462 e. The SMILES string of the molecule is CCOC(=O)c1ccc(NC(=O)CN(C)C(C)c2cccs2)cc1. The molecule has 1 amide bonds. The van der Waals surface area contributed by atoms with Crippen LogP contribution in [0.3, 0.4) is 0 Å². The van der Waals surface area contributed by atoms with Crippen molar-refractivity contribution in [1.29, 1.82) is 0 Å². The lowest BCUT2D eigenvalue weighted by molar-refractivity contribution is -0.117. The van der Waals surface area contributed by atoms with E-state index in [9.17, 15) is 9.59 Å². The Balaban J connectivity index is 1.89. The van der Waals surface area contributed by atoms with Gasteiger partial charge in [0.2, 0.25) is 5.91 Å². The average molecular weight is 346 g/mol. The van der Waals surface area contributed by atoms with Gasteiger partial charge in [-0.05, 0) is 56.6 Å². The molecule has 0 aliphatic heterocycles. The summed E-state index contributed by atoms with van der Waals surface area (Å²) < 4.78 is 4.93. The van der Waals surface area contributed by atoms with E-state index in [1.807, 2.05) is 23.4 Å². The number of carbonyl (C=O) groups is 2. The van der Waals surface area contributed by atoms with E-state index in [0.717, 1.165) is 0 Å². The molecule has 0 fully saturated rings. The Morgan fingerprint density at radius 3 is 2.54 bits per heavy atom. The molecule has 0 aliphatic rings. The maximum Gasteiger partial charge on any atom is 0.338 e. The third kappa shape index (κ3) is 4.91. The van der Waals surface area contributed by atoms with Crippen molar-refractivity contribution in [3.05, 3.63) is 52.2 Å². The highest BCUT2D eigenvalue weighted by Crippen LogP contribution is 2.23. The maximum absolute atomic E-state index is 12.2. The highest BCUT2D eigenvalue weighted by molar-refractivity contribution is 7.10. The number of nitrogens with zero attached hydrogens (tertiary/aromatic N) is 1. The summed E-state index contributed by atoms with van der Waals surface area (Å²) in [4.78, 5) is 27.0. The fourth-order valence-electron chi connectivity index (χ4n) is 2.21. The van der Waals surface area contributed by atoms with Gasteiger partial charge in [0, 0.05) is 16.6 Å². The van der Waals surface area contributed by atoms with Gasteiger partial charge < -0.3 is 10.1 Å². The summed E-state index contributed by atoms with van der Waals surface area (Å²) in [5.74, 6) is -0.454. The van der Waals surface area contributed by atoms with Crippen molar-refractivity contribution >= 4 is 28.9 Å². The van der Waals surface area contributed by atoms with Gasteiger partial charge in [-0.3, -0.25) is 9.69 Å². The Kier molecular flexibility index (Phi) is 6.52. The molecule has 128 valence electrons. The van der Waals surface area contributed by atoms with Crippen LogP contribution in [0.5, 0.6) is 0 Å². The Labute approximate surface area is 146 Å². The fraction of sp³-hybridized carbons (Fsp3) is 0.333. The van der Waals surface area contributed by atoms with Gasteiger partial charge >= 0.3 is 5.97 Å². The normalized spacial score (nSPS) is 12.0. The van der Waals surface area contributed by atoms with Crippen molar-refractivity contribution in [3.8, 4) is 0 Å². The third-order valence-electron chi connectivity index (χ3n) is 3.69.